The number of piperazine rings is 1. The molecule has 1 saturated heterocycles. The lowest BCUT2D eigenvalue weighted by Gasteiger charge is -2.34. The van der Waals surface area contributed by atoms with Gasteiger partial charge in [-0.2, -0.15) is 0 Å². The minimum atomic E-state index is 0.0235. The van der Waals surface area contributed by atoms with Crippen molar-refractivity contribution in [1.82, 2.24) is 24.7 Å². The Hall–Kier alpha value is -3.30. The van der Waals surface area contributed by atoms with Gasteiger partial charge in [-0.1, -0.05) is 18.2 Å². The molecule has 0 bridgehead atoms. The summed E-state index contributed by atoms with van der Waals surface area (Å²) in [7, 11) is 2.06. The molecule has 9 heteroatoms. The second-order valence-electron chi connectivity index (χ2n) is 8.14. The van der Waals surface area contributed by atoms with Crippen molar-refractivity contribution in [1.29, 1.82) is 0 Å². The summed E-state index contributed by atoms with van der Waals surface area (Å²) in [5.74, 6) is 0.860. The number of rotatable bonds is 7. The highest BCUT2D eigenvalue weighted by Crippen LogP contribution is 2.23. The maximum atomic E-state index is 12.9. The Labute approximate surface area is 197 Å². The highest BCUT2D eigenvalue weighted by molar-refractivity contribution is 7.15. The molecule has 3 heterocycles. The van der Waals surface area contributed by atoms with Crippen molar-refractivity contribution >= 4 is 34.1 Å². The zero-order valence-corrected chi connectivity index (χ0v) is 19.7. The van der Waals surface area contributed by atoms with E-state index in [4.69, 9.17) is 0 Å². The SMILES string of the molecule is CC(=O)N1CCN(C(=O)c2cccc(CN(C)Cc3cnc(Nc4ccccn4)s3)c2)CC1. The summed E-state index contributed by atoms with van der Waals surface area (Å²) >= 11 is 1.60. The Morgan fingerprint density at radius 2 is 1.82 bits per heavy atom. The number of hydrogen-bond acceptors (Lipinski definition) is 7. The molecule has 0 radical (unpaired) electrons. The second kappa shape index (κ2) is 10.5. The molecule has 1 fully saturated rings. The first kappa shape index (κ1) is 22.9. The summed E-state index contributed by atoms with van der Waals surface area (Å²) in [4.78, 5) is 40.1. The molecule has 0 aliphatic carbocycles. The fraction of sp³-hybridized carbons (Fsp3) is 0.333. The van der Waals surface area contributed by atoms with E-state index in [9.17, 15) is 9.59 Å². The number of nitrogens with one attached hydrogen (secondary N) is 1. The number of carbonyl (C=O) groups is 2. The number of anilines is 2. The zero-order valence-electron chi connectivity index (χ0n) is 18.9. The standard InChI is InChI=1S/C24H28N6O2S/c1-18(31)29-10-12-30(13-11-29)23(32)20-7-5-6-19(14-20)16-28(2)17-21-15-26-24(33-21)27-22-8-3-4-9-25-22/h3-9,14-15H,10-13,16-17H2,1-2H3,(H,25,26,27). The van der Waals surface area contributed by atoms with Crippen LogP contribution in [0.2, 0.25) is 0 Å². The van der Waals surface area contributed by atoms with E-state index in [0.29, 0.717) is 31.7 Å². The predicted octanol–water partition coefficient (Wildman–Crippen LogP) is 3.22. The quantitative estimate of drug-likeness (QED) is 0.578. The van der Waals surface area contributed by atoms with Gasteiger partial charge in [0.2, 0.25) is 5.91 Å². The molecule has 1 N–H and O–H groups in total. The van der Waals surface area contributed by atoms with Crippen LogP contribution in [-0.4, -0.2) is 69.7 Å². The van der Waals surface area contributed by atoms with Crippen LogP contribution >= 0.6 is 11.3 Å². The van der Waals surface area contributed by atoms with Gasteiger partial charge in [0.1, 0.15) is 5.82 Å². The molecule has 2 aromatic heterocycles. The molecule has 1 aliphatic heterocycles. The van der Waals surface area contributed by atoms with Gasteiger partial charge in [0, 0.05) is 69.0 Å². The largest absolute Gasteiger partial charge is 0.339 e. The average Bonchev–Trinajstić information content (AvgIpc) is 3.25. The van der Waals surface area contributed by atoms with Crippen LogP contribution in [0.3, 0.4) is 0 Å². The van der Waals surface area contributed by atoms with Crippen LogP contribution in [0.25, 0.3) is 0 Å². The minimum Gasteiger partial charge on any atom is -0.339 e. The Bertz CT molecular complexity index is 1100. The van der Waals surface area contributed by atoms with E-state index in [1.807, 2.05) is 53.6 Å². The fourth-order valence-corrected chi connectivity index (χ4v) is 4.73. The number of carbonyl (C=O) groups excluding carboxylic acids is 2. The van der Waals surface area contributed by atoms with Crippen molar-refractivity contribution in [2.24, 2.45) is 0 Å². The zero-order chi connectivity index (χ0) is 23.2. The number of benzene rings is 1. The normalized spacial score (nSPS) is 13.9. The summed E-state index contributed by atoms with van der Waals surface area (Å²) in [5, 5.41) is 4.04. The maximum absolute atomic E-state index is 12.9. The number of aromatic nitrogens is 2. The third-order valence-corrected chi connectivity index (χ3v) is 6.42. The number of hydrogen-bond donors (Lipinski definition) is 1. The van der Waals surface area contributed by atoms with Gasteiger partial charge in [-0.25, -0.2) is 9.97 Å². The maximum Gasteiger partial charge on any atom is 0.253 e. The van der Waals surface area contributed by atoms with Gasteiger partial charge < -0.3 is 15.1 Å². The van der Waals surface area contributed by atoms with Gasteiger partial charge in [-0.15, -0.1) is 11.3 Å². The van der Waals surface area contributed by atoms with Crippen LogP contribution in [0, 0.1) is 0 Å². The second-order valence-corrected chi connectivity index (χ2v) is 9.26. The molecule has 2 amide bonds. The molecule has 0 spiro atoms. The lowest BCUT2D eigenvalue weighted by molar-refractivity contribution is -0.130. The van der Waals surface area contributed by atoms with Crippen molar-refractivity contribution in [2.45, 2.75) is 20.0 Å². The summed E-state index contributed by atoms with van der Waals surface area (Å²) in [6, 6.07) is 13.5. The molecule has 4 rings (SSSR count). The van der Waals surface area contributed by atoms with E-state index in [-0.39, 0.29) is 11.8 Å². The molecule has 1 aliphatic rings. The lowest BCUT2D eigenvalue weighted by atomic mass is 10.1. The topological polar surface area (TPSA) is 81.7 Å². The lowest BCUT2D eigenvalue weighted by Crippen LogP contribution is -2.50. The first-order valence-electron chi connectivity index (χ1n) is 10.9. The highest BCUT2D eigenvalue weighted by atomic mass is 32.1. The number of thiazole rings is 1. The average molecular weight is 465 g/mol. The van der Waals surface area contributed by atoms with E-state index < -0.39 is 0 Å². The molecule has 0 saturated carbocycles. The van der Waals surface area contributed by atoms with Crippen LogP contribution in [-0.2, 0) is 17.9 Å². The van der Waals surface area contributed by atoms with Gasteiger partial charge in [0.15, 0.2) is 5.13 Å². The van der Waals surface area contributed by atoms with E-state index in [0.717, 1.165) is 34.5 Å². The van der Waals surface area contributed by atoms with E-state index >= 15 is 0 Å². The van der Waals surface area contributed by atoms with E-state index in [1.165, 1.54) is 0 Å². The smallest absolute Gasteiger partial charge is 0.253 e. The Balaban J connectivity index is 1.32. The van der Waals surface area contributed by atoms with Crippen LogP contribution in [0.1, 0.15) is 27.7 Å². The molecule has 33 heavy (non-hydrogen) atoms. The Kier molecular flexibility index (Phi) is 7.31. The number of nitrogens with zero attached hydrogens (tertiary/aromatic N) is 5. The van der Waals surface area contributed by atoms with Crippen molar-refractivity contribution in [3.8, 4) is 0 Å². The summed E-state index contributed by atoms with van der Waals surface area (Å²) < 4.78 is 0. The van der Waals surface area contributed by atoms with Gasteiger partial charge >= 0.3 is 0 Å². The van der Waals surface area contributed by atoms with Crippen LogP contribution in [0.5, 0.6) is 0 Å². The third kappa shape index (κ3) is 6.15. The van der Waals surface area contributed by atoms with Gasteiger partial charge in [-0.3, -0.25) is 14.5 Å². The molecule has 0 atom stereocenters. The van der Waals surface area contributed by atoms with Crippen LogP contribution in [0.4, 0.5) is 10.9 Å². The monoisotopic (exact) mass is 464 g/mol. The van der Waals surface area contributed by atoms with Crippen molar-refractivity contribution in [3.05, 3.63) is 70.9 Å². The van der Waals surface area contributed by atoms with Crippen LogP contribution < -0.4 is 5.32 Å². The first-order chi connectivity index (χ1) is 16.0. The summed E-state index contributed by atoms with van der Waals surface area (Å²) in [5.41, 5.74) is 1.78. The molecular weight excluding hydrogens is 436 g/mol. The molecule has 172 valence electrons. The van der Waals surface area contributed by atoms with E-state index in [1.54, 1.807) is 29.4 Å². The van der Waals surface area contributed by atoms with E-state index in [2.05, 4.69) is 27.2 Å². The molecule has 0 unspecified atom stereocenters. The Morgan fingerprint density at radius 3 is 2.55 bits per heavy atom. The third-order valence-electron chi connectivity index (χ3n) is 5.52. The van der Waals surface area contributed by atoms with Gasteiger partial charge in [-0.05, 0) is 36.9 Å². The summed E-state index contributed by atoms with van der Waals surface area (Å²) in [6.07, 6.45) is 3.63. The van der Waals surface area contributed by atoms with Crippen molar-refractivity contribution in [2.75, 3.05) is 38.5 Å². The molecule has 3 aromatic rings. The number of amides is 2. The predicted molar refractivity (Wildman–Crippen MR) is 129 cm³/mol. The summed E-state index contributed by atoms with van der Waals surface area (Å²) in [6.45, 7) is 5.38. The van der Waals surface area contributed by atoms with Crippen molar-refractivity contribution in [3.63, 3.8) is 0 Å². The Morgan fingerprint density at radius 1 is 1.03 bits per heavy atom. The number of pyridine rings is 1. The molecular formula is C24H28N6O2S. The minimum absolute atomic E-state index is 0.0235. The molecule has 8 nitrogen and oxygen atoms in total. The van der Waals surface area contributed by atoms with Crippen molar-refractivity contribution < 1.29 is 9.59 Å². The molecule has 1 aromatic carbocycles. The first-order valence-corrected chi connectivity index (χ1v) is 11.7. The van der Waals surface area contributed by atoms with Gasteiger partial charge in [0.25, 0.3) is 5.91 Å². The fourth-order valence-electron chi connectivity index (χ4n) is 3.83. The van der Waals surface area contributed by atoms with Crippen LogP contribution in [0.15, 0.2) is 54.9 Å². The highest BCUT2D eigenvalue weighted by Gasteiger charge is 2.23. The van der Waals surface area contributed by atoms with Gasteiger partial charge in [0.05, 0.1) is 0 Å².